The number of benzene rings is 2. The van der Waals surface area contributed by atoms with Crippen LogP contribution in [0.3, 0.4) is 0 Å². The zero-order valence-corrected chi connectivity index (χ0v) is 19.7. The molecule has 0 spiro atoms. The molecular formula is C28H26N6O. The van der Waals surface area contributed by atoms with E-state index in [0.29, 0.717) is 6.61 Å². The molecule has 3 heterocycles. The van der Waals surface area contributed by atoms with Gasteiger partial charge >= 0.3 is 0 Å². The molecule has 6 rings (SSSR count). The number of nitrogens with zero attached hydrogens (tertiary/aromatic N) is 4. The van der Waals surface area contributed by atoms with Crippen molar-refractivity contribution in [1.29, 1.82) is 0 Å². The van der Waals surface area contributed by atoms with E-state index in [1.165, 1.54) is 16.7 Å². The quantitative estimate of drug-likeness (QED) is 0.347. The lowest BCUT2D eigenvalue weighted by molar-refractivity contribution is 0.261. The molecule has 5 aromatic rings. The maximum Gasteiger partial charge on any atom is 0.138 e. The van der Waals surface area contributed by atoms with Gasteiger partial charge in [-0.3, -0.25) is 10.1 Å². The van der Waals surface area contributed by atoms with Crippen molar-refractivity contribution in [2.24, 2.45) is 0 Å². The van der Waals surface area contributed by atoms with E-state index in [-0.39, 0.29) is 0 Å². The molecule has 7 nitrogen and oxygen atoms in total. The van der Waals surface area contributed by atoms with Gasteiger partial charge in [-0.2, -0.15) is 5.10 Å². The average Bonchev–Trinajstić information content (AvgIpc) is 3.59. The maximum atomic E-state index is 5.85. The third-order valence-electron chi connectivity index (χ3n) is 6.35. The highest BCUT2D eigenvalue weighted by Gasteiger charge is 2.22. The summed E-state index contributed by atoms with van der Waals surface area (Å²) < 4.78 is 5.85. The highest BCUT2D eigenvalue weighted by Crippen LogP contribution is 2.39. The van der Waals surface area contributed by atoms with Crippen LogP contribution in [0.15, 0.2) is 73.2 Å². The molecule has 1 aliphatic carbocycles. The Morgan fingerprint density at radius 2 is 1.69 bits per heavy atom. The minimum absolute atomic E-state index is 0.654. The molecule has 2 aromatic carbocycles. The molecule has 0 aliphatic heterocycles. The second-order valence-electron chi connectivity index (χ2n) is 9.04. The highest BCUT2D eigenvalue weighted by atomic mass is 16.5. The molecule has 0 saturated carbocycles. The minimum Gasteiger partial charge on any atom is -0.492 e. The Morgan fingerprint density at radius 3 is 2.49 bits per heavy atom. The minimum atomic E-state index is 0.654. The van der Waals surface area contributed by atoms with Crippen molar-refractivity contribution < 1.29 is 4.74 Å². The summed E-state index contributed by atoms with van der Waals surface area (Å²) in [6.07, 6.45) is 6.41. The monoisotopic (exact) mass is 462 g/mol. The van der Waals surface area contributed by atoms with Crippen molar-refractivity contribution in [3.63, 3.8) is 0 Å². The first-order valence-electron chi connectivity index (χ1n) is 11.7. The molecule has 0 radical (unpaired) electrons. The van der Waals surface area contributed by atoms with Gasteiger partial charge in [-0.15, -0.1) is 0 Å². The first-order valence-corrected chi connectivity index (χ1v) is 11.7. The van der Waals surface area contributed by atoms with Gasteiger partial charge in [0.1, 0.15) is 18.2 Å². The van der Waals surface area contributed by atoms with Gasteiger partial charge in [0, 0.05) is 53.2 Å². The van der Waals surface area contributed by atoms with E-state index >= 15 is 0 Å². The van der Waals surface area contributed by atoms with Crippen LogP contribution < -0.4 is 4.74 Å². The maximum absolute atomic E-state index is 5.85. The lowest BCUT2D eigenvalue weighted by atomic mass is 10.0. The number of imidazole rings is 1. The summed E-state index contributed by atoms with van der Waals surface area (Å²) in [7, 11) is 4.08. The van der Waals surface area contributed by atoms with E-state index < -0.39 is 0 Å². The summed E-state index contributed by atoms with van der Waals surface area (Å²) in [6, 6.07) is 18.7. The number of H-pyrrole nitrogens is 2. The summed E-state index contributed by atoms with van der Waals surface area (Å²) in [5.41, 5.74) is 9.91. The summed E-state index contributed by atoms with van der Waals surface area (Å²) in [4.78, 5) is 14.9. The van der Waals surface area contributed by atoms with Crippen molar-refractivity contribution >= 4 is 0 Å². The number of fused-ring (bicyclic) bond motifs is 3. The van der Waals surface area contributed by atoms with Crippen molar-refractivity contribution in [3.8, 4) is 50.9 Å². The van der Waals surface area contributed by atoms with Gasteiger partial charge in [0.2, 0.25) is 0 Å². The lowest BCUT2D eigenvalue weighted by Crippen LogP contribution is -2.19. The Morgan fingerprint density at radius 1 is 0.886 bits per heavy atom. The van der Waals surface area contributed by atoms with Crippen LogP contribution in [0.1, 0.15) is 11.1 Å². The van der Waals surface area contributed by atoms with Crippen LogP contribution in [0.4, 0.5) is 0 Å². The van der Waals surface area contributed by atoms with Crippen LogP contribution in [-0.4, -0.2) is 57.3 Å². The number of ether oxygens (including phenoxy) is 1. The number of hydrogen-bond donors (Lipinski definition) is 2. The molecule has 0 unspecified atom stereocenters. The van der Waals surface area contributed by atoms with Crippen molar-refractivity contribution in [1.82, 2.24) is 30.0 Å². The summed E-state index contributed by atoms with van der Waals surface area (Å²) >= 11 is 0. The Hall–Kier alpha value is -4.23. The van der Waals surface area contributed by atoms with Crippen LogP contribution in [-0.2, 0) is 6.42 Å². The summed E-state index contributed by atoms with van der Waals surface area (Å²) in [5, 5.41) is 7.31. The molecule has 0 bridgehead atoms. The van der Waals surface area contributed by atoms with Crippen molar-refractivity contribution in [2.45, 2.75) is 6.42 Å². The smallest absolute Gasteiger partial charge is 0.138 e. The Labute approximate surface area is 203 Å². The molecule has 1 aliphatic rings. The SMILES string of the molecule is CN(C)CCOc1ccc(-c2nc(-c3ccc4c(c3)Cc3cn[nH]c3-4)c(-c3ccncc3)[nH]2)cc1. The fraction of sp³-hybridized carbons (Fsp3) is 0.179. The fourth-order valence-electron chi connectivity index (χ4n) is 4.52. The van der Waals surface area contributed by atoms with Gasteiger partial charge in [-0.1, -0.05) is 12.1 Å². The van der Waals surface area contributed by atoms with E-state index in [9.17, 15) is 0 Å². The molecule has 174 valence electrons. The highest BCUT2D eigenvalue weighted by molar-refractivity contribution is 5.84. The Kier molecular flexibility index (Phi) is 5.39. The molecule has 0 amide bonds. The van der Waals surface area contributed by atoms with Crippen molar-refractivity contribution in [3.05, 3.63) is 84.3 Å². The fourth-order valence-corrected chi connectivity index (χ4v) is 4.52. The largest absolute Gasteiger partial charge is 0.492 e. The average molecular weight is 463 g/mol. The number of aromatic amines is 2. The lowest BCUT2D eigenvalue weighted by Gasteiger charge is -2.11. The van der Waals surface area contributed by atoms with E-state index in [2.05, 4.69) is 43.3 Å². The second-order valence-corrected chi connectivity index (χ2v) is 9.04. The molecular weight excluding hydrogens is 436 g/mol. The standard InChI is InChI=1S/C28H26N6O/c1-34(2)13-14-35-23-6-3-19(4-7-23)28-31-26(18-9-11-29-12-10-18)27(32-28)20-5-8-24-21(15-20)16-22-17-30-33-25(22)24/h3-12,15,17H,13-14,16H2,1-2H3,(H,30,33)(H,31,32). The predicted molar refractivity (Wildman–Crippen MR) is 137 cm³/mol. The number of nitrogens with one attached hydrogen (secondary N) is 2. The topological polar surface area (TPSA) is 82.7 Å². The first kappa shape index (κ1) is 21.3. The van der Waals surface area contributed by atoms with Gasteiger partial charge in [0.25, 0.3) is 0 Å². The van der Waals surface area contributed by atoms with E-state index in [4.69, 9.17) is 9.72 Å². The molecule has 7 heteroatoms. The number of rotatable bonds is 7. The molecule has 3 aromatic heterocycles. The van der Waals surface area contributed by atoms with Crippen molar-refractivity contribution in [2.75, 3.05) is 27.2 Å². The van der Waals surface area contributed by atoms with Gasteiger partial charge in [0.15, 0.2) is 0 Å². The molecule has 0 atom stereocenters. The zero-order valence-electron chi connectivity index (χ0n) is 19.7. The number of pyridine rings is 1. The van der Waals surface area contributed by atoms with Crippen LogP contribution >= 0.6 is 0 Å². The third-order valence-corrected chi connectivity index (χ3v) is 6.35. The van der Waals surface area contributed by atoms with E-state index in [1.807, 2.05) is 69.1 Å². The van der Waals surface area contributed by atoms with Gasteiger partial charge < -0.3 is 14.6 Å². The number of hydrogen-bond acceptors (Lipinski definition) is 5. The summed E-state index contributed by atoms with van der Waals surface area (Å²) in [5.74, 6) is 1.68. The summed E-state index contributed by atoms with van der Waals surface area (Å²) in [6.45, 7) is 1.53. The van der Waals surface area contributed by atoms with Gasteiger partial charge in [0.05, 0.1) is 23.3 Å². The van der Waals surface area contributed by atoms with E-state index in [0.717, 1.165) is 58.3 Å². The van der Waals surface area contributed by atoms with Crippen LogP contribution in [0, 0.1) is 0 Å². The zero-order chi connectivity index (χ0) is 23.8. The molecule has 2 N–H and O–H groups in total. The second kappa shape index (κ2) is 8.85. The predicted octanol–water partition coefficient (Wildman–Crippen LogP) is 5.04. The van der Waals surface area contributed by atoms with Crippen LogP contribution in [0.2, 0.25) is 0 Å². The Balaban J connectivity index is 1.36. The number of aromatic nitrogens is 5. The van der Waals surface area contributed by atoms with Crippen LogP contribution in [0.5, 0.6) is 5.75 Å². The normalized spacial score (nSPS) is 12.1. The first-order chi connectivity index (χ1) is 17.2. The Bertz CT molecular complexity index is 1470. The molecule has 0 saturated heterocycles. The molecule has 0 fully saturated rings. The molecule has 35 heavy (non-hydrogen) atoms. The van der Waals surface area contributed by atoms with Crippen LogP contribution in [0.25, 0.3) is 45.2 Å². The third kappa shape index (κ3) is 4.11. The van der Waals surface area contributed by atoms with Gasteiger partial charge in [-0.25, -0.2) is 4.98 Å². The number of likely N-dealkylation sites (N-methyl/N-ethyl adjacent to an activating group) is 1. The van der Waals surface area contributed by atoms with E-state index in [1.54, 1.807) is 0 Å². The van der Waals surface area contributed by atoms with Gasteiger partial charge in [-0.05, 0) is 62.1 Å².